The van der Waals surface area contributed by atoms with E-state index >= 15 is 0 Å². The van der Waals surface area contributed by atoms with Crippen molar-refractivity contribution >= 4 is 16.9 Å². The lowest BCUT2D eigenvalue weighted by Crippen LogP contribution is -2.28. The molecule has 0 spiro atoms. The summed E-state index contributed by atoms with van der Waals surface area (Å²) in [6.07, 6.45) is 1.03. The Hall–Kier alpha value is -3.28. The Labute approximate surface area is 181 Å². The van der Waals surface area contributed by atoms with Crippen LogP contribution in [0.15, 0.2) is 57.9 Å². The molecule has 0 N–H and O–H groups in total. The van der Waals surface area contributed by atoms with Gasteiger partial charge in [-0.15, -0.1) is 0 Å². The number of carbonyl (C=O) groups excluding carboxylic acids is 1. The quantitative estimate of drug-likeness (QED) is 0.459. The average Bonchev–Trinajstić information content (AvgIpc) is 2.74. The van der Waals surface area contributed by atoms with Crippen LogP contribution in [0.1, 0.15) is 46.6 Å². The lowest BCUT2D eigenvalue weighted by molar-refractivity contribution is -0.151. The minimum absolute atomic E-state index is 0.0321. The number of esters is 1. The Morgan fingerprint density at radius 3 is 2.32 bits per heavy atom. The molecule has 1 unspecified atom stereocenters. The van der Waals surface area contributed by atoms with Gasteiger partial charge in [0.05, 0.1) is 12.0 Å². The zero-order valence-electron chi connectivity index (χ0n) is 18.6. The second kappa shape index (κ2) is 9.25. The van der Waals surface area contributed by atoms with Crippen LogP contribution in [0.2, 0.25) is 0 Å². The highest BCUT2D eigenvalue weighted by Crippen LogP contribution is 2.27. The normalized spacial score (nSPS) is 12.4. The summed E-state index contributed by atoms with van der Waals surface area (Å²) in [7, 11) is 0. The molecular formula is C25H28O6. The molecule has 0 bridgehead atoms. The van der Waals surface area contributed by atoms with E-state index in [-0.39, 0.29) is 23.2 Å². The zero-order chi connectivity index (χ0) is 22.6. The first-order chi connectivity index (χ1) is 14.7. The fraction of sp³-hybridized carbons (Fsp3) is 0.360. The van der Waals surface area contributed by atoms with Gasteiger partial charge in [0.1, 0.15) is 23.3 Å². The lowest BCUT2D eigenvalue weighted by Gasteiger charge is -2.19. The Bertz CT molecular complexity index is 1110. The molecule has 1 atom stereocenters. The van der Waals surface area contributed by atoms with Gasteiger partial charge < -0.3 is 18.6 Å². The minimum Gasteiger partial charge on any atom is -0.479 e. The number of fused-ring (bicyclic) bond motifs is 1. The molecular weight excluding hydrogens is 396 g/mol. The van der Waals surface area contributed by atoms with Gasteiger partial charge in [0, 0.05) is 6.07 Å². The number of ether oxygens (including phenoxy) is 3. The van der Waals surface area contributed by atoms with Gasteiger partial charge >= 0.3 is 5.97 Å². The Kier molecular flexibility index (Phi) is 6.68. The predicted molar refractivity (Wildman–Crippen MR) is 119 cm³/mol. The standard InChI is InChI=1S/C25H28O6/c1-6-20(24(27)28-7-2)31-18-12-13-19-21(14-18)29-15-22(23(19)26)30-17-10-8-16(9-11-17)25(3,4)5/h8-15,20H,6-7H2,1-5H3. The van der Waals surface area contributed by atoms with Gasteiger partial charge in [0.25, 0.3) is 0 Å². The third kappa shape index (κ3) is 5.26. The Morgan fingerprint density at radius 2 is 1.71 bits per heavy atom. The molecule has 0 saturated carbocycles. The average molecular weight is 424 g/mol. The molecule has 3 aromatic rings. The molecule has 0 fully saturated rings. The van der Waals surface area contributed by atoms with Gasteiger partial charge in [0.2, 0.25) is 11.2 Å². The maximum atomic E-state index is 12.8. The first-order valence-electron chi connectivity index (χ1n) is 10.4. The number of rotatable bonds is 7. The summed E-state index contributed by atoms with van der Waals surface area (Å²) in [5, 5.41) is 0.361. The van der Waals surface area contributed by atoms with Crippen LogP contribution in [0.5, 0.6) is 17.2 Å². The van der Waals surface area contributed by atoms with Crippen molar-refractivity contribution < 1.29 is 23.4 Å². The van der Waals surface area contributed by atoms with Gasteiger partial charge in [-0.25, -0.2) is 4.79 Å². The Balaban J connectivity index is 1.82. The van der Waals surface area contributed by atoms with Crippen molar-refractivity contribution in [3.8, 4) is 17.2 Å². The Morgan fingerprint density at radius 1 is 1.03 bits per heavy atom. The van der Waals surface area contributed by atoms with E-state index in [0.717, 1.165) is 0 Å². The molecule has 1 aromatic heterocycles. The summed E-state index contributed by atoms with van der Waals surface area (Å²) < 4.78 is 22.1. The highest BCUT2D eigenvalue weighted by atomic mass is 16.6. The molecule has 0 saturated heterocycles. The fourth-order valence-corrected chi connectivity index (χ4v) is 3.08. The topological polar surface area (TPSA) is 75.0 Å². The maximum Gasteiger partial charge on any atom is 0.347 e. The van der Waals surface area contributed by atoms with E-state index in [1.54, 1.807) is 25.1 Å². The van der Waals surface area contributed by atoms with Crippen molar-refractivity contribution in [2.24, 2.45) is 0 Å². The minimum atomic E-state index is -0.720. The molecule has 0 aliphatic carbocycles. The molecule has 6 nitrogen and oxygen atoms in total. The van der Waals surface area contributed by atoms with E-state index < -0.39 is 12.1 Å². The molecule has 164 valence electrons. The summed E-state index contributed by atoms with van der Waals surface area (Å²) in [4.78, 5) is 24.8. The highest BCUT2D eigenvalue weighted by molar-refractivity contribution is 5.79. The molecule has 31 heavy (non-hydrogen) atoms. The number of carbonyl (C=O) groups is 1. The van der Waals surface area contributed by atoms with Gasteiger partial charge in [-0.05, 0) is 48.6 Å². The third-order valence-corrected chi connectivity index (χ3v) is 4.86. The smallest absolute Gasteiger partial charge is 0.347 e. The molecule has 2 aromatic carbocycles. The summed E-state index contributed by atoms with van der Waals surface area (Å²) in [6, 6.07) is 12.4. The summed E-state index contributed by atoms with van der Waals surface area (Å²) in [5.74, 6) is 0.650. The van der Waals surface area contributed by atoms with Gasteiger partial charge in [-0.3, -0.25) is 4.79 Å². The molecule has 3 rings (SSSR count). The van der Waals surface area contributed by atoms with Crippen molar-refractivity contribution in [1.82, 2.24) is 0 Å². The van der Waals surface area contributed by atoms with Crippen LogP contribution in [0.4, 0.5) is 0 Å². The molecule has 0 amide bonds. The first-order valence-corrected chi connectivity index (χ1v) is 10.4. The van der Waals surface area contributed by atoms with Gasteiger partial charge in [-0.1, -0.05) is 39.8 Å². The summed E-state index contributed by atoms with van der Waals surface area (Å²) in [5.41, 5.74) is 1.26. The van der Waals surface area contributed by atoms with Crippen molar-refractivity contribution in [3.05, 3.63) is 64.5 Å². The first kappa shape index (κ1) is 22.4. The van der Waals surface area contributed by atoms with Crippen LogP contribution in [0, 0.1) is 0 Å². The van der Waals surface area contributed by atoms with E-state index in [9.17, 15) is 9.59 Å². The van der Waals surface area contributed by atoms with Crippen LogP contribution in [0.3, 0.4) is 0 Å². The fourth-order valence-electron chi connectivity index (χ4n) is 3.08. The second-order valence-electron chi connectivity index (χ2n) is 8.23. The number of hydrogen-bond acceptors (Lipinski definition) is 6. The van der Waals surface area contributed by atoms with Crippen LogP contribution in [-0.2, 0) is 14.9 Å². The second-order valence-corrected chi connectivity index (χ2v) is 8.23. The SMILES string of the molecule is CCOC(=O)C(CC)Oc1ccc2c(=O)c(Oc3ccc(C(C)(C)C)cc3)coc2c1. The molecule has 0 aliphatic heterocycles. The summed E-state index contributed by atoms with van der Waals surface area (Å²) in [6.45, 7) is 10.3. The van der Waals surface area contributed by atoms with E-state index in [4.69, 9.17) is 18.6 Å². The van der Waals surface area contributed by atoms with Crippen LogP contribution in [0.25, 0.3) is 11.0 Å². The molecule has 1 heterocycles. The maximum absolute atomic E-state index is 12.8. The van der Waals surface area contributed by atoms with Crippen molar-refractivity contribution in [2.45, 2.75) is 52.6 Å². The number of hydrogen-bond donors (Lipinski definition) is 0. The van der Waals surface area contributed by atoms with Crippen LogP contribution >= 0.6 is 0 Å². The lowest BCUT2D eigenvalue weighted by atomic mass is 9.87. The molecule has 6 heteroatoms. The molecule has 0 aliphatic rings. The monoisotopic (exact) mass is 424 g/mol. The van der Waals surface area contributed by atoms with Crippen LogP contribution < -0.4 is 14.9 Å². The highest BCUT2D eigenvalue weighted by Gasteiger charge is 2.20. The van der Waals surface area contributed by atoms with Crippen molar-refractivity contribution in [3.63, 3.8) is 0 Å². The van der Waals surface area contributed by atoms with Gasteiger partial charge in [-0.2, -0.15) is 0 Å². The van der Waals surface area contributed by atoms with Gasteiger partial charge in [0.15, 0.2) is 6.10 Å². The molecule has 0 radical (unpaired) electrons. The largest absolute Gasteiger partial charge is 0.479 e. The summed E-state index contributed by atoms with van der Waals surface area (Å²) >= 11 is 0. The third-order valence-electron chi connectivity index (χ3n) is 4.86. The van der Waals surface area contributed by atoms with Crippen LogP contribution in [-0.4, -0.2) is 18.7 Å². The van der Waals surface area contributed by atoms with Crippen molar-refractivity contribution in [1.29, 1.82) is 0 Å². The van der Waals surface area contributed by atoms with E-state index in [0.29, 0.717) is 28.9 Å². The van der Waals surface area contributed by atoms with E-state index in [2.05, 4.69) is 20.8 Å². The predicted octanol–water partition coefficient (Wildman–Crippen LogP) is 5.60. The number of benzene rings is 2. The van der Waals surface area contributed by atoms with E-state index in [1.165, 1.54) is 11.8 Å². The van der Waals surface area contributed by atoms with E-state index in [1.807, 2.05) is 31.2 Å². The van der Waals surface area contributed by atoms with Crippen molar-refractivity contribution in [2.75, 3.05) is 6.61 Å². The zero-order valence-corrected chi connectivity index (χ0v) is 18.6.